The Labute approximate surface area is 168 Å². The van der Waals surface area contributed by atoms with Crippen LogP contribution < -0.4 is 0 Å². The van der Waals surface area contributed by atoms with Gasteiger partial charge in [-0.1, -0.05) is 42.8 Å². The van der Waals surface area contributed by atoms with Gasteiger partial charge in [-0.05, 0) is 36.6 Å². The summed E-state index contributed by atoms with van der Waals surface area (Å²) in [6, 6.07) is 12.8. The number of nitro groups is 1. The highest BCUT2D eigenvalue weighted by Gasteiger charge is 2.35. The van der Waals surface area contributed by atoms with Gasteiger partial charge in [0, 0.05) is 23.6 Å². The van der Waals surface area contributed by atoms with E-state index < -0.39 is 22.7 Å². The van der Waals surface area contributed by atoms with Crippen molar-refractivity contribution in [1.82, 2.24) is 0 Å². The molecule has 0 spiro atoms. The van der Waals surface area contributed by atoms with Gasteiger partial charge in [0.15, 0.2) is 0 Å². The summed E-state index contributed by atoms with van der Waals surface area (Å²) in [7, 11) is 0. The molecule has 0 amide bonds. The largest absolute Gasteiger partial charge is 0.466 e. The normalized spacial score (nSPS) is 12.8. The van der Waals surface area contributed by atoms with Crippen molar-refractivity contribution < 1.29 is 19.2 Å². The molecule has 0 N–H and O–H groups in total. The first-order chi connectivity index (χ1) is 13.4. The van der Waals surface area contributed by atoms with Crippen LogP contribution in [0.15, 0.2) is 48.5 Å². The fourth-order valence-corrected chi connectivity index (χ4v) is 3.36. The van der Waals surface area contributed by atoms with Crippen molar-refractivity contribution >= 4 is 29.0 Å². The molecule has 7 heteroatoms. The van der Waals surface area contributed by atoms with Crippen LogP contribution in [-0.2, 0) is 20.7 Å². The van der Waals surface area contributed by atoms with Crippen LogP contribution in [0.5, 0.6) is 0 Å². The highest BCUT2D eigenvalue weighted by Crippen LogP contribution is 2.32. The van der Waals surface area contributed by atoms with E-state index >= 15 is 0 Å². The molecule has 2 unspecified atom stereocenters. The lowest BCUT2D eigenvalue weighted by Gasteiger charge is -2.25. The number of rotatable bonds is 9. The molecule has 2 atom stereocenters. The zero-order chi connectivity index (χ0) is 20.7. The second-order valence-corrected chi connectivity index (χ2v) is 6.78. The highest BCUT2D eigenvalue weighted by molar-refractivity contribution is 6.30. The van der Waals surface area contributed by atoms with Crippen LogP contribution in [0.1, 0.15) is 37.3 Å². The predicted octanol–water partition coefficient (Wildman–Crippen LogP) is 4.73. The molecule has 0 saturated carbocycles. The van der Waals surface area contributed by atoms with Gasteiger partial charge in [0.2, 0.25) is 0 Å². The van der Waals surface area contributed by atoms with Gasteiger partial charge in [-0.2, -0.15) is 0 Å². The average Bonchev–Trinajstić information content (AvgIpc) is 2.68. The molecular weight excluding hydrogens is 382 g/mol. The zero-order valence-corrected chi connectivity index (χ0v) is 16.5. The summed E-state index contributed by atoms with van der Waals surface area (Å²) in [6.45, 7) is 3.64. The minimum atomic E-state index is -0.757. The van der Waals surface area contributed by atoms with E-state index in [2.05, 4.69) is 0 Å². The highest BCUT2D eigenvalue weighted by atomic mass is 35.5. The van der Waals surface area contributed by atoms with Crippen molar-refractivity contribution in [1.29, 1.82) is 0 Å². The first-order valence-electron chi connectivity index (χ1n) is 9.05. The molecule has 0 fully saturated rings. The first-order valence-corrected chi connectivity index (χ1v) is 9.43. The first kappa shape index (κ1) is 21.6. The van der Waals surface area contributed by atoms with Gasteiger partial charge in [0.25, 0.3) is 5.69 Å². The van der Waals surface area contributed by atoms with E-state index in [9.17, 15) is 19.7 Å². The van der Waals surface area contributed by atoms with Crippen LogP contribution in [0, 0.1) is 16.0 Å². The van der Waals surface area contributed by atoms with Crippen LogP contribution >= 0.6 is 11.6 Å². The van der Waals surface area contributed by atoms with Crippen molar-refractivity contribution in [3.63, 3.8) is 0 Å². The van der Waals surface area contributed by atoms with E-state index in [1.54, 1.807) is 50.2 Å². The van der Waals surface area contributed by atoms with E-state index in [4.69, 9.17) is 16.3 Å². The number of benzene rings is 2. The summed E-state index contributed by atoms with van der Waals surface area (Å²) in [5.74, 6) is -2.04. The minimum absolute atomic E-state index is 0.0348. The van der Waals surface area contributed by atoms with Crippen LogP contribution in [0.2, 0.25) is 5.02 Å². The number of Topliss-reactive ketones (excluding diaryl/α,β-unsaturated/α-hetero) is 1. The topological polar surface area (TPSA) is 86.5 Å². The number of ketones is 1. The van der Waals surface area contributed by atoms with Crippen molar-refractivity contribution in [3.05, 3.63) is 74.8 Å². The number of halogens is 1. The third-order valence-corrected chi connectivity index (χ3v) is 4.73. The lowest BCUT2D eigenvalue weighted by Crippen LogP contribution is -2.31. The lowest BCUT2D eigenvalue weighted by molar-refractivity contribution is -0.384. The van der Waals surface area contributed by atoms with Crippen molar-refractivity contribution in [3.8, 4) is 0 Å². The zero-order valence-electron chi connectivity index (χ0n) is 15.8. The van der Waals surface area contributed by atoms with Crippen LogP contribution in [0.3, 0.4) is 0 Å². The second kappa shape index (κ2) is 9.99. The standard InChI is InChI=1S/C21H22ClNO5/c1-3-19(24)20(15-6-5-7-16(22)13-15)18(21(25)28-4-2)12-14-8-10-17(11-9-14)23(26)27/h5-11,13,18,20H,3-4,12H2,1-2H3. The van der Waals surface area contributed by atoms with Crippen molar-refractivity contribution in [2.24, 2.45) is 5.92 Å². The summed E-state index contributed by atoms with van der Waals surface area (Å²) >= 11 is 6.10. The summed E-state index contributed by atoms with van der Waals surface area (Å²) in [5.41, 5.74) is 1.33. The third-order valence-electron chi connectivity index (χ3n) is 4.50. The molecule has 0 heterocycles. The second-order valence-electron chi connectivity index (χ2n) is 6.34. The Hall–Kier alpha value is -2.73. The van der Waals surface area contributed by atoms with Crippen molar-refractivity contribution in [2.45, 2.75) is 32.6 Å². The van der Waals surface area contributed by atoms with Gasteiger partial charge < -0.3 is 4.74 Å². The molecule has 0 radical (unpaired) electrons. The number of ether oxygens (including phenoxy) is 1. The van der Waals surface area contributed by atoms with Gasteiger partial charge in [-0.25, -0.2) is 0 Å². The maximum absolute atomic E-state index is 12.8. The Bertz CT molecular complexity index is 850. The van der Waals surface area contributed by atoms with Crippen LogP contribution in [0.25, 0.3) is 0 Å². The molecule has 2 aromatic rings. The Kier molecular flexibility index (Phi) is 7.70. The number of carbonyl (C=O) groups is 2. The number of nitro benzene ring substituents is 1. The van der Waals surface area contributed by atoms with Gasteiger partial charge >= 0.3 is 5.97 Å². The monoisotopic (exact) mass is 403 g/mol. The molecule has 0 aromatic heterocycles. The molecule has 0 bridgehead atoms. The van der Waals surface area contributed by atoms with Crippen molar-refractivity contribution in [2.75, 3.05) is 6.61 Å². The Morgan fingerprint density at radius 3 is 2.36 bits per heavy atom. The maximum atomic E-state index is 12.8. The van der Waals surface area contributed by atoms with Crippen LogP contribution in [0.4, 0.5) is 5.69 Å². The fraction of sp³-hybridized carbons (Fsp3) is 0.333. The molecule has 0 aliphatic carbocycles. The quantitative estimate of drug-likeness (QED) is 0.343. The number of hydrogen-bond acceptors (Lipinski definition) is 5. The Morgan fingerprint density at radius 2 is 1.82 bits per heavy atom. The summed E-state index contributed by atoms with van der Waals surface area (Å²) in [4.78, 5) is 35.9. The molecule has 0 saturated heterocycles. The number of hydrogen-bond donors (Lipinski definition) is 0. The van der Waals surface area contributed by atoms with Gasteiger partial charge in [0.05, 0.1) is 23.4 Å². The molecule has 2 aromatic carbocycles. The molecule has 0 aliphatic heterocycles. The van der Waals surface area contributed by atoms with Gasteiger partial charge in [0.1, 0.15) is 5.78 Å². The van der Waals surface area contributed by atoms with E-state index in [0.29, 0.717) is 16.1 Å². The number of nitrogens with zero attached hydrogens (tertiary/aromatic N) is 1. The summed E-state index contributed by atoms with van der Waals surface area (Å²) in [5, 5.41) is 11.3. The fourth-order valence-electron chi connectivity index (χ4n) is 3.16. The molecule has 28 heavy (non-hydrogen) atoms. The predicted molar refractivity (Wildman–Crippen MR) is 106 cm³/mol. The third kappa shape index (κ3) is 5.39. The smallest absolute Gasteiger partial charge is 0.310 e. The van der Waals surface area contributed by atoms with E-state index in [1.807, 2.05) is 0 Å². The Balaban J connectivity index is 2.44. The average molecular weight is 404 g/mol. The Morgan fingerprint density at radius 1 is 1.14 bits per heavy atom. The SMILES string of the molecule is CCOC(=O)C(Cc1ccc([N+](=O)[O-])cc1)C(C(=O)CC)c1cccc(Cl)c1. The van der Waals surface area contributed by atoms with Crippen LogP contribution in [-0.4, -0.2) is 23.3 Å². The molecular formula is C21H22ClNO5. The lowest BCUT2D eigenvalue weighted by atomic mass is 9.78. The van der Waals surface area contributed by atoms with E-state index in [0.717, 1.165) is 0 Å². The number of esters is 1. The number of non-ortho nitro benzene ring substituents is 1. The maximum Gasteiger partial charge on any atom is 0.310 e. The molecule has 2 rings (SSSR count). The van der Waals surface area contributed by atoms with Gasteiger partial charge in [-0.3, -0.25) is 19.7 Å². The summed E-state index contributed by atoms with van der Waals surface area (Å²) in [6.07, 6.45) is 0.479. The molecule has 6 nitrogen and oxygen atoms in total. The number of carbonyl (C=O) groups excluding carboxylic acids is 2. The molecule has 148 valence electrons. The van der Waals surface area contributed by atoms with E-state index in [-0.39, 0.29) is 30.9 Å². The minimum Gasteiger partial charge on any atom is -0.466 e. The molecule has 0 aliphatic rings. The van der Waals surface area contributed by atoms with Gasteiger partial charge in [-0.15, -0.1) is 0 Å². The van der Waals surface area contributed by atoms with E-state index in [1.165, 1.54) is 12.1 Å². The summed E-state index contributed by atoms with van der Waals surface area (Å²) < 4.78 is 5.23.